The highest BCUT2D eigenvalue weighted by Gasteiger charge is 2.49. The summed E-state index contributed by atoms with van der Waals surface area (Å²) in [6.45, 7) is 3.64. The van der Waals surface area contributed by atoms with Gasteiger partial charge in [-0.15, -0.1) is 0 Å². The fourth-order valence-corrected chi connectivity index (χ4v) is 3.58. The summed E-state index contributed by atoms with van der Waals surface area (Å²) in [6, 6.07) is 0.388. The van der Waals surface area contributed by atoms with Gasteiger partial charge in [-0.3, -0.25) is 10.1 Å². The van der Waals surface area contributed by atoms with Gasteiger partial charge in [-0.1, -0.05) is 12.8 Å². The SMILES string of the molecule is CC1CC(N2CNC3(CCCC3)C2=O)CCO1. The van der Waals surface area contributed by atoms with Crippen LogP contribution in [-0.4, -0.2) is 41.8 Å². The number of amides is 1. The van der Waals surface area contributed by atoms with Crippen molar-refractivity contribution in [3.63, 3.8) is 0 Å². The number of nitrogens with one attached hydrogen (secondary N) is 1. The highest BCUT2D eigenvalue weighted by molar-refractivity contribution is 5.89. The Labute approximate surface area is 103 Å². The maximum Gasteiger partial charge on any atom is 0.244 e. The molecule has 1 N–H and O–H groups in total. The molecule has 1 aliphatic carbocycles. The van der Waals surface area contributed by atoms with Crippen molar-refractivity contribution in [1.29, 1.82) is 0 Å². The van der Waals surface area contributed by atoms with Crippen LogP contribution >= 0.6 is 0 Å². The highest BCUT2D eigenvalue weighted by Crippen LogP contribution is 2.36. The van der Waals surface area contributed by atoms with E-state index >= 15 is 0 Å². The van der Waals surface area contributed by atoms with Crippen LogP contribution in [0.15, 0.2) is 0 Å². The lowest BCUT2D eigenvalue weighted by molar-refractivity contribution is -0.136. The third-order valence-electron chi connectivity index (χ3n) is 4.61. The normalized spacial score (nSPS) is 37.0. The van der Waals surface area contributed by atoms with E-state index in [0.717, 1.165) is 39.0 Å². The van der Waals surface area contributed by atoms with Gasteiger partial charge in [0, 0.05) is 12.6 Å². The van der Waals surface area contributed by atoms with Gasteiger partial charge in [-0.2, -0.15) is 0 Å². The maximum absolute atomic E-state index is 12.6. The monoisotopic (exact) mass is 238 g/mol. The van der Waals surface area contributed by atoms with Crippen molar-refractivity contribution < 1.29 is 9.53 Å². The van der Waals surface area contributed by atoms with Crippen LogP contribution in [0.3, 0.4) is 0 Å². The van der Waals surface area contributed by atoms with Crippen LogP contribution in [0.4, 0.5) is 0 Å². The standard InChI is InChI=1S/C13H22N2O2/c1-10-8-11(4-7-17-10)15-9-14-13(12(15)16)5-2-3-6-13/h10-11,14H,2-9H2,1H3. The summed E-state index contributed by atoms with van der Waals surface area (Å²) >= 11 is 0. The van der Waals surface area contributed by atoms with E-state index in [2.05, 4.69) is 17.1 Å². The van der Waals surface area contributed by atoms with E-state index in [4.69, 9.17) is 4.74 Å². The van der Waals surface area contributed by atoms with E-state index in [9.17, 15) is 4.79 Å². The van der Waals surface area contributed by atoms with Crippen molar-refractivity contribution in [1.82, 2.24) is 10.2 Å². The van der Waals surface area contributed by atoms with E-state index in [0.29, 0.717) is 18.1 Å². The maximum atomic E-state index is 12.6. The van der Waals surface area contributed by atoms with Gasteiger partial charge in [0.05, 0.1) is 18.3 Å². The quantitative estimate of drug-likeness (QED) is 0.747. The first-order chi connectivity index (χ1) is 8.21. The van der Waals surface area contributed by atoms with Crippen LogP contribution in [0.1, 0.15) is 45.4 Å². The Morgan fingerprint density at radius 1 is 1.41 bits per heavy atom. The second-order valence-electron chi connectivity index (χ2n) is 5.76. The Morgan fingerprint density at radius 3 is 2.88 bits per heavy atom. The average Bonchev–Trinajstić information content (AvgIpc) is 2.90. The summed E-state index contributed by atoms with van der Waals surface area (Å²) in [6.07, 6.45) is 6.72. The average molecular weight is 238 g/mol. The Morgan fingerprint density at radius 2 is 2.18 bits per heavy atom. The van der Waals surface area contributed by atoms with Gasteiger partial charge in [0.2, 0.25) is 5.91 Å². The van der Waals surface area contributed by atoms with Crippen LogP contribution in [-0.2, 0) is 9.53 Å². The van der Waals surface area contributed by atoms with Gasteiger partial charge in [0.15, 0.2) is 0 Å². The predicted octanol–water partition coefficient (Wildman–Crippen LogP) is 1.26. The van der Waals surface area contributed by atoms with Crippen molar-refractivity contribution in [3.05, 3.63) is 0 Å². The molecule has 2 unspecified atom stereocenters. The molecule has 0 aromatic carbocycles. The predicted molar refractivity (Wildman–Crippen MR) is 64.5 cm³/mol. The highest BCUT2D eigenvalue weighted by atomic mass is 16.5. The molecule has 96 valence electrons. The summed E-state index contributed by atoms with van der Waals surface area (Å²) in [5.74, 6) is 0.356. The summed E-state index contributed by atoms with van der Waals surface area (Å²) in [7, 11) is 0. The molecule has 4 heteroatoms. The molecule has 1 saturated carbocycles. The van der Waals surface area contributed by atoms with Gasteiger partial charge in [0.25, 0.3) is 0 Å². The summed E-state index contributed by atoms with van der Waals surface area (Å²) in [5.41, 5.74) is -0.193. The lowest BCUT2D eigenvalue weighted by Gasteiger charge is -2.34. The minimum Gasteiger partial charge on any atom is -0.378 e. The number of carbonyl (C=O) groups excluding carboxylic acids is 1. The van der Waals surface area contributed by atoms with Gasteiger partial charge in [-0.05, 0) is 32.6 Å². The summed E-state index contributed by atoms with van der Waals surface area (Å²) < 4.78 is 5.56. The molecule has 0 aromatic heterocycles. The van der Waals surface area contributed by atoms with Gasteiger partial charge in [0.1, 0.15) is 0 Å². The van der Waals surface area contributed by atoms with Gasteiger partial charge in [-0.25, -0.2) is 0 Å². The second-order valence-corrected chi connectivity index (χ2v) is 5.76. The van der Waals surface area contributed by atoms with Crippen LogP contribution < -0.4 is 5.32 Å². The minimum atomic E-state index is -0.193. The van der Waals surface area contributed by atoms with Crippen molar-refractivity contribution in [3.8, 4) is 0 Å². The molecular weight excluding hydrogens is 216 g/mol. The number of ether oxygens (including phenoxy) is 1. The second kappa shape index (κ2) is 4.25. The molecule has 0 aromatic rings. The molecule has 1 spiro atoms. The lowest BCUT2D eigenvalue weighted by atomic mass is 9.96. The van der Waals surface area contributed by atoms with Crippen LogP contribution in [0.25, 0.3) is 0 Å². The first-order valence-electron chi connectivity index (χ1n) is 6.89. The molecule has 3 aliphatic rings. The lowest BCUT2D eigenvalue weighted by Crippen LogP contribution is -2.47. The van der Waals surface area contributed by atoms with Crippen molar-refractivity contribution in [2.75, 3.05) is 13.3 Å². The molecular formula is C13H22N2O2. The smallest absolute Gasteiger partial charge is 0.244 e. The van der Waals surface area contributed by atoms with E-state index in [-0.39, 0.29) is 5.54 Å². The minimum absolute atomic E-state index is 0.193. The first kappa shape index (κ1) is 11.5. The molecule has 2 aliphatic heterocycles. The fraction of sp³-hybridized carbons (Fsp3) is 0.923. The molecule has 17 heavy (non-hydrogen) atoms. The summed E-state index contributed by atoms with van der Waals surface area (Å²) in [5, 5.41) is 3.48. The Balaban J connectivity index is 1.71. The van der Waals surface area contributed by atoms with Crippen LogP contribution in [0, 0.1) is 0 Å². The Hall–Kier alpha value is -0.610. The number of nitrogens with zero attached hydrogens (tertiary/aromatic N) is 1. The molecule has 2 atom stereocenters. The van der Waals surface area contributed by atoms with E-state index in [1.165, 1.54) is 12.8 Å². The first-order valence-corrected chi connectivity index (χ1v) is 6.89. The molecule has 1 amide bonds. The van der Waals surface area contributed by atoms with E-state index in [1.54, 1.807) is 0 Å². The molecule has 2 saturated heterocycles. The largest absolute Gasteiger partial charge is 0.378 e. The molecule has 3 fully saturated rings. The molecule has 3 rings (SSSR count). The zero-order chi connectivity index (χ0) is 11.9. The molecule has 2 heterocycles. The molecule has 0 radical (unpaired) electrons. The van der Waals surface area contributed by atoms with Crippen LogP contribution in [0.5, 0.6) is 0 Å². The van der Waals surface area contributed by atoms with Crippen LogP contribution in [0.2, 0.25) is 0 Å². The molecule has 0 bridgehead atoms. The number of hydrogen-bond acceptors (Lipinski definition) is 3. The Kier molecular flexibility index (Phi) is 2.87. The van der Waals surface area contributed by atoms with E-state index < -0.39 is 0 Å². The van der Waals surface area contributed by atoms with Crippen molar-refractivity contribution in [2.45, 2.75) is 63.1 Å². The fourth-order valence-electron chi connectivity index (χ4n) is 3.58. The summed E-state index contributed by atoms with van der Waals surface area (Å²) in [4.78, 5) is 14.6. The van der Waals surface area contributed by atoms with Gasteiger partial charge >= 0.3 is 0 Å². The Bertz CT molecular complexity index is 313. The van der Waals surface area contributed by atoms with E-state index in [1.807, 2.05) is 0 Å². The number of rotatable bonds is 1. The number of hydrogen-bond donors (Lipinski definition) is 1. The third-order valence-corrected chi connectivity index (χ3v) is 4.61. The zero-order valence-electron chi connectivity index (χ0n) is 10.6. The van der Waals surface area contributed by atoms with Crippen molar-refractivity contribution >= 4 is 5.91 Å². The molecule has 4 nitrogen and oxygen atoms in total. The number of carbonyl (C=O) groups is 1. The topological polar surface area (TPSA) is 41.6 Å². The zero-order valence-corrected chi connectivity index (χ0v) is 10.6. The van der Waals surface area contributed by atoms with Gasteiger partial charge < -0.3 is 9.64 Å². The third kappa shape index (κ3) is 1.87. The van der Waals surface area contributed by atoms with Crippen molar-refractivity contribution in [2.24, 2.45) is 0 Å².